The van der Waals surface area contributed by atoms with E-state index in [9.17, 15) is 18.0 Å². The van der Waals surface area contributed by atoms with E-state index in [0.29, 0.717) is 0 Å². The molecule has 0 aliphatic carbocycles. The Hall–Kier alpha value is -1.21. The molecule has 0 atom stereocenters. The fraction of sp³-hybridized carbons (Fsp3) is 0.250. The maximum atomic E-state index is 11.7. The maximum Gasteiger partial charge on any atom is 0.422 e. The second-order valence-corrected chi connectivity index (χ2v) is 2.65. The molecular weight excluding hydrogens is 284 g/mol. The Kier molecular flexibility index (Phi) is 7.67. The third-order valence-electron chi connectivity index (χ3n) is 1.40. The monoisotopic (exact) mass is 292 g/mol. The molecule has 0 aliphatic heterocycles. The number of halogens is 5. The molecule has 0 aromatic carbocycles. The zero-order chi connectivity index (χ0) is 11.5. The Morgan fingerprint density at radius 3 is 2.29 bits per heavy atom. The lowest BCUT2D eigenvalue weighted by molar-refractivity contribution is -0.154. The van der Waals surface area contributed by atoms with E-state index in [0.717, 1.165) is 12.3 Å². The summed E-state index contributed by atoms with van der Waals surface area (Å²) in [7, 11) is 0. The van der Waals surface area contributed by atoms with E-state index in [2.05, 4.69) is 9.72 Å². The van der Waals surface area contributed by atoms with Gasteiger partial charge in [0.25, 0.3) is 0 Å². The fourth-order valence-corrected chi connectivity index (χ4v) is 0.767. The largest absolute Gasteiger partial charge is 0.468 e. The SMILES string of the molecule is Cl.Cl.NC(=O)c1ccc(OCC(F)(F)F)nc1. The van der Waals surface area contributed by atoms with E-state index in [-0.39, 0.29) is 36.3 Å². The summed E-state index contributed by atoms with van der Waals surface area (Å²) in [6.45, 7) is -1.42. The molecule has 98 valence electrons. The molecule has 0 unspecified atom stereocenters. The second kappa shape index (κ2) is 7.18. The Bertz CT molecular complexity index is 357. The first-order valence-electron chi connectivity index (χ1n) is 3.84. The molecule has 1 heterocycles. The van der Waals surface area contributed by atoms with Gasteiger partial charge in [-0.2, -0.15) is 13.2 Å². The lowest BCUT2D eigenvalue weighted by Gasteiger charge is -2.07. The highest BCUT2D eigenvalue weighted by Gasteiger charge is 2.28. The van der Waals surface area contributed by atoms with Crippen molar-refractivity contribution in [2.75, 3.05) is 6.61 Å². The predicted octanol–water partition coefficient (Wildman–Crippen LogP) is 1.97. The zero-order valence-electron chi connectivity index (χ0n) is 8.23. The minimum atomic E-state index is -4.41. The van der Waals surface area contributed by atoms with Crippen LogP contribution >= 0.6 is 24.8 Å². The summed E-state index contributed by atoms with van der Waals surface area (Å²) >= 11 is 0. The van der Waals surface area contributed by atoms with Crippen molar-refractivity contribution in [1.29, 1.82) is 0 Å². The van der Waals surface area contributed by atoms with Crippen LogP contribution in [0.4, 0.5) is 13.2 Å². The quantitative estimate of drug-likeness (QED) is 0.926. The minimum absolute atomic E-state index is 0. The molecule has 1 amide bonds. The van der Waals surface area contributed by atoms with E-state index in [1.165, 1.54) is 6.07 Å². The van der Waals surface area contributed by atoms with E-state index < -0.39 is 18.7 Å². The van der Waals surface area contributed by atoms with Gasteiger partial charge >= 0.3 is 6.18 Å². The van der Waals surface area contributed by atoms with Gasteiger partial charge in [0.05, 0.1) is 5.56 Å². The Morgan fingerprint density at radius 1 is 1.35 bits per heavy atom. The molecule has 1 aromatic heterocycles. The number of hydrogen-bond acceptors (Lipinski definition) is 3. The molecule has 0 aliphatic rings. The van der Waals surface area contributed by atoms with Crippen molar-refractivity contribution in [2.45, 2.75) is 6.18 Å². The highest BCUT2D eigenvalue weighted by atomic mass is 35.5. The molecule has 4 nitrogen and oxygen atoms in total. The van der Waals surface area contributed by atoms with Crippen molar-refractivity contribution in [1.82, 2.24) is 4.98 Å². The van der Waals surface area contributed by atoms with Crippen molar-refractivity contribution in [3.63, 3.8) is 0 Å². The first-order valence-corrected chi connectivity index (χ1v) is 3.84. The number of carbonyl (C=O) groups excluding carboxylic acids is 1. The Balaban J connectivity index is 0. The van der Waals surface area contributed by atoms with Crippen molar-refractivity contribution in [2.24, 2.45) is 5.73 Å². The molecule has 0 saturated carbocycles. The third kappa shape index (κ3) is 6.85. The van der Waals surface area contributed by atoms with Crippen LogP contribution < -0.4 is 10.5 Å². The first kappa shape index (κ1) is 18.2. The number of nitrogens with two attached hydrogens (primary N) is 1. The lowest BCUT2D eigenvalue weighted by atomic mass is 10.3. The van der Waals surface area contributed by atoms with E-state index in [4.69, 9.17) is 5.73 Å². The summed E-state index contributed by atoms with van der Waals surface area (Å²) in [5.74, 6) is -0.915. The van der Waals surface area contributed by atoms with Gasteiger partial charge in [-0.3, -0.25) is 4.79 Å². The average molecular weight is 293 g/mol. The van der Waals surface area contributed by atoms with Gasteiger partial charge in [0.15, 0.2) is 6.61 Å². The Labute approximate surface area is 107 Å². The number of alkyl halides is 3. The number of carbonyl (C=O) groups is 1. The number of nitrogens with zero attached hydrogens (tertiary/aromatic N) is 1. The molecule has 2 N–H and O–H groups in total. The van der Waals surface area contributed by atoms with Gasteiger partial charge < -0.3 is 10.5 Å². The number of amides is 1. The normalized spacial score (nSPS) is 9.82. The van der Waals surface area contributed by atoms with Gasteiger partial charge in [-0.1, -0.05) is 0 Å². The molecule has 9 heteroatoms. The standard InChI is InChI=1S/C8H7F3N2O2.2ClH/c9-8(10,11)4-15-6-2-1-5(3-13-6)7(12)14;;/h1-3H,4H2,(H2,12,14);2*1H. The van der Waals surface area contributed by atoms with Crippen LogP contribution in [0.25, 0.3) is 0 Å². The van der Waals surface area contributed by atoms with Crippen LogP contribution in [0.3, 0.4) is 0 Å². The Morgan fingerprint density at radius 2 is 1.94 bits per heavy atom. The van der Waals surface area contributed by atoms with E-state index in [1.54, 1.807) is 0 Å². The van der Waals surface area contributed by atoms with Crippen molar-refractivity contribution >= 4 is 30.7 Å². The van der Waals surface area contributed by atoms with Gasteiger partial charge in [-0.05, 0) is 6.07 Å². The molecule has 1 aromatic rings. The van der Waals surface area contributed by atoms with Gasteiger partial charge in [-0.15, -0.1) is 24.8 Å². The number of rotatable bonds is 3. The number of hydrogen-bond donors (Lipinski definition) is 1. The van der Waals surface area contributed by atoms with E-state index >= 15 is 0 Å². The maximum absolute atomic E-state index is 11.7. The van der Waals surface area contributed by atoms with Gasteiger partial charge in [0.1, 0.15) is 0 Å². The zero-order valence-corrected chi connectivity index (χ0v) is 9.86. The number of pyridine rings is 1. The van der Waals surface area contributed by atoms with E-state index in [1.807, 2.05) is 0 Å². The van der Waals surface area contributed by atoms with Crippen LogP contribution in [0.2, 0.25) is 0 Å². The molecule has 0 bridgehead atoms. The third-order valence-corrected chi connectivity index (χ3v) is 1.40. The molecule has 0 saturated heterocycles. The average Bonchev–Trinajstić information content (AvgIpc) is 2.14. The van der Waals surface area contributed by atoms with Crippen molar-refractivity contribution in [3.8, 4) is 5.88 Å². The summed E-state index contributed by atoms with van der Waals surface area (Å²) < 4.78 is 39.5. The van der Waals surface area contributed by atoms with Crippen LogP contribution in [-0.4, -0.2) is 23.7 Å². The van der Waals surface area contributed by atoms with Crippen molar-refractivity contribution < 1.29 is 22.7 Å². The molecular formula is C8H9Cl2F3N2O2. The molecule has 0 radical (unpaired) electrons. The summed E-state index contributed by atoms with van der Waals surface area (Å²) in [5, 5.41) is 0. The highest BCUT2D eigenvalue weighted by Crippen LogP contribution is 2.16. The number of aromatic nitrogens is 1. The molecule has 0 spiro atoms. The van der Waals surface area contributed by atoms with Crippen LogP contribution in [0, 0.1) is 0 Å². The first-order chi connectivity index (χ1) is 6.88. The fourth-order valence-electron chi connectivity index (χ4n) is 0.767. The number of ether oxygens (including phenoxy) is 1. The predicted molar refractivity (Wildman–Crippen MR) is 58.8 cm³/mol. The number of primary amides is 1. The smallest absolute Gasteiger partial charge is 0.422 e. The summed E-state index contributed by atoms with van der Waals surface area (Å²) in [6, 6.07) is 2.38. The van der Waals surface area contributed by atoms with Crippen molar-refractivity contribution in [3.05, 3.63) is 23.9 Å². The van der Waals surface area contributed by atoms with Gasteiger partial charge in [0.2, 0.25) is 11.8 Å². The topological polar surface area (TPSA) is 65.2 Å². The minimum Gasteiger partial charge on any atom is -0.468 e. The second-order valence-electron chi connectivity index (χ2n) is 2.65. The van der Waals surface area contributed by atoms with Crippen LogP contribution in [0.1, 0.15) is 10.4 Å². The highest BCUT2D eigenvalue weighted by molar-refractivity contribution is 5.92. The van der Waals surface area contributed by atoms with Gasteiger partial charge in [-0.25, -0.2) is 4.98 Å². The van der Waals surface area contributed by atoms with Crippen LogP contribution in [-0.2, 0) is 0 Å². The van der Waals surface area contributed by atoms with Gasteiger partial charge in [0, 0.05) is 12.3 Å². The van der Waals surface area contributed by atoms with Crippen LogP contribution in [0.15, 0.2) is 18.3 Å². The molecule has 17 heavy (non-hydrogen) atoms. The summed E-state index contributed by atoms with van der Waals surface area (Å²) in [4.78, 5) is 14.1. The summed E-state index contributed by atoms with van der Waals surface area (Å²) in [5.41, 5.74) is 5.01. The molecule has 0 fully saturated rings. The summed E-state index contributed by atoms with van der Waals surface area (Å²) in [6.07, 6.45) is -3.36. The lowest BCUT2D eigenvalue weighted by Crippen LogP contribution is -2.19. The van der Waals surface area contributed by atoms with Crippen LogP contribution in [0.5, 0.6) is 5.88 Å². The molecule has 1 rings (SSSR count).